The highest BCUT2D eigenvalue weighted by Gasteiger charge is 2.27. The number of carbonyl (C=O) groups is 1. The van der Waals surface area contributed by atoms with Crippen LogP contribution in [0.2, 0.25) is 5.02 Å². The summed E-state index contributed by atoms with van der Waals surface area (Å²) in [6.07, 6.45) is 0. The van der Waals surface area contributed by atoms with E-state index in [1.807, 2.05) is 12.1 Å². The highest BCUT2D eigenvalue weighted by molar-refractivity contribution is 7.99. The van der Waals surface area contributed by atoms with Crippen LogP contribution in [0.3, 0.4) is 0 Å². The van der Waals surface area contributed by atoms with Gasteiger partial charge >= 0.3 is 16.4 Å². The normalized spacial score (nSPS) is 11.2. The van der Waals surface area contributed by atoms with Crippen molar-refractivity contribution in [1.29, 1.82) is 0 Å². The summed E-state index contributed by atoms with van der Waals surface area (Å²) in [6.45, 7) is 0.326. The average molecular weight is 489 g/mol. The van der Waals surface area contributed by atoms with Crippen LogP contribution in [-0.4, -0.2) is 25.8 Å². The van der Waals surface area contributed by atoms with Gasteiger partial charge in [0.15, 0.2) is 0 Å². The number of carbonyl (C=O) groups excluding carboxylic acids is 1. The molecule has 4 aromatic rings. The second-order valence-electron chi connectivity index (χ2n) is 7.39. The van der Waals surface area contributed by atoms with Crippen molar-refractivity contribution in [2.45, 2.75) is 11.7 Å². The number of thioether (sulfide) groups is 1. The monoisotopic (exact) mass is 488 g/mol. The van der Waals surface area contributed by atoms with Crippen LogP contribution in [0.4, 0.5) is 10.1 Å². The second kappa shape index (κ2) is 9.24. The first-order valence-electron chi connectivity index (χ1n) is 9.89. The number of aromatic amines is 1. The molecular formula is C22H20ClFN5O3S+. The van der Waals surface area contributed by atoms with Gasteiger partial charge in [0, 0.05) is 24.8 Å². The molecule has 0 atom stereocenters. The third-order valence-corrected chi connectivity index (χ3v) is 6.36. The highest BCUT2D eigenvalue weighted by atomic mass is 35.5. The van der Waals surface area contributed by atoms with Crippen molar-refractivity contribution in [1.82, 2.24) is 14.1 Å². The molecule has 0 aliphatic heterocycles. The van der Waals surface area contributed by atoms with Crippen molar-refractivity contribution in [2.75, 3.05) is 11.1 Å². The molecule has 0 saturated carbocycles. The average Bonchev–Trinajstić information content (AvgIpc) is 3.16. The van der Waals surface area contributed by atoms with Crippen molar-refractivity contribution in [3.8, 4) is 0 Å². The molecule has 8 nitrogen and oxygen atoms in total. The summed E-state index contributed by atoms with van der Waals surface area (Å²) in [7, 11) is 3.00. The minimum Gasteiger partial charge on any atom is -0.325 e. The molecule has 0 radical (unpaired) electrons. The number of anilines is 1. The molecule has 0 fully saturated rings. The van der Waals surface area contributed by atoms with Crippen LogP contribution >= 0.6 is 23.4 Å². The van der Waals surface area contributed by atoms with Gasteiger partial charge in [-0.3, -0.25) is 18.7 Å². The van der Waals surface area contributed by atoms with Crippen molar-refractivity contribution in [2.24, 2.45) is 14.1 Å². The minimum absolute atomic E-state index is 0.0269. The van der Waals surface area contributed by atoms with E-state index in [0.29, 0.717) is 33.6 Å². The highest BCUT2D eigenvalue weighted by Crippen LogP contribution is 2.18. The number of imidazole rings is 1. The van der Waals surface area contributed by atoms with Crippen LogP contribution in [0.1, 0.15) is 5.56 Å². The van der Waals surface area contributed by atoms with E-state index in [4.69, 9.17) is 11.6 Å². The van der Waals surface area contributed by atoms with Gasteiger partial charge in [-0.1, -0.05) is 23.7 Å². The largest absolute Gasteiger partial charge is 0.333 e. The van der Waals surface area contributed by atoms with E-state index in [2.05, 4.69) is 10.3 Å². The Balaban J connectivity index is 1.69. The summed E-state index contributed by atoms with van der Waals surface area (Å²) in [5, 5.41) is 3.83. The number of hydrogen-bond donors (Lipinski definition) is 2. The number of rotatable bonds is 6. The summed E-state index contributed by atoms with van der Waals surface area (Å²) in [5.41, 5.74) is 1.14. The zero-order chi connectivity index (χ0) is 23.7. The Morgan fingerprint density at radius 2 is 1.76 bits per heavy atom. The summed E-state index contributed by atoms with van der Waals surface area (Å²) in [6, 6.07) is 12.7. The maximum absolute atomic E-state index is 13.1. The number of nitrogens with one attached hydrogen (secondary N) is 2. The molecule has 33 heavy (non-hydrogen) atoms. The van der Waals surface area contributed by atoms with E-state index in [9.17, 15) is 18.8 Å². The third-order valence-electron chi connectivity index (χ3n) is 5.10. The lowest BCUT2D eigenvalue weighted by Gasteiger charge is -2.05. The Labute approximate surface area is 196 Å². The summed E-state index contributed by atoms with van der Waals surface area (Å²) in [4.78, 5) is 40.9. The first-order valence-corrected chi connectivity index (χ1v) is 11.2. The van der Waals surface area contributed by atoms with Crippen molar-refractivity contribution >= 4 is 46.1 Å². The fourth-order valence-electron chi connectivity index (χ4n) is 3.38. The molecular weight excluding hydrogens is 469 g/mol. The molecule has 0 aliphatic carbocycles. The molecule has 0 unspecified atom stereocenters. The number of halogens is 2. The number of fused-ring (bicyclic) bond motifs is 1. The van der Waals surface area contributed by atoms with Gasteiger partial charge in [-0.05, 0) is 53.7 Å². The van der Waals surface area contributed by atoms with Gasteiger partial charge in [0.2, 0.25) is 5.91 Å². The molecule has 0 saturated heterocycles. The third kappa shape index (κ3) is 4.71. The number of amides is 1. The number of benzene rings is 2. The zero-order valence-corrected chi connectivity index (χ0v) is 19.3. The Morgan fingerprint density at radius 1 is 1.09 bits per heavy atom. The van der Waals surface area contributed by atoms with E-state index in [0.717, 1.165) is 10.1 Å². The van der Waals surface area contributed by atoms with E-state index in [1.165, 1.54) is 47.6 Å². The first-order chi connectivity index (χ1) is 15.7. The van der Waals surface area contributed by atoms with Gasteiger partial charge in [0.05, 0.1) is 5.75 Å². The van der Waals surface area contributed by atoms with E-state index >= 15 is 0 Å². The number of hydrogen-bond acceptors (Lipinski definition) is 4. The quantitative estimate of drug-likeness (QED) is 0.322. The second-order valence-corrected chi connectivity index (χ2v) is 8.79. The van der Waals surface area contributed by atoms with Gasteiger partial charge < -0.3 is 5.32 Å². The van der Waals surface area contributed by atoms with Crippen LogP contribution < -0.4 is 21.1 Å². The Bertz CT molecular complexity index is 1460. The molecule has 170 valence electrons. The standard InChI is InChI=1S/C22H19ClFN5O3S/c1-27-19-18(20(31)28(2)22(27)32)29(11-13-3-5-14(23)6-4-13)21(26-19)33-12-17(30)25-16-9-7-15(24)8-10-16/h3-10H,11-12H2,1-2H3,(H,25,30)/p+1. The summed E-state index contributed by atoms with van der Waals surface area (Å²) in [5.74, 6) is -0.667. The fraction of sp³-hybridized carbons (Fsp3) is 0.182. The van der Waals surface area contributed by atoms with Crippen LogP contribution in [0.5, 0.6) is 0 Å². The maximum atomic E-state index is 13.1. The fourth-order valence-corrected chi connectivity index (χ4v) is 4.33. The van der Waals surface area contributed by atoms with Crippen LogP contribution in [-0.2, 0) is 25.4 Å². The lowest BCUT2D eigenvalue weighted by atomic mass is 10.2. The lowest BCUT2D eigenvalue weighted by Crippen LogP contribution is -2.44. The zero-order valence-electron chi connectivity index (χ0n) is 17.8. The molecule has 0 bridgehead atoms. The summed E-state index contributed by atoms with van der Waals surface area (Å²) >= 11 is 7.18. The maximum Gasteiger partial charge on any atom is 0.333 e. The van der Waals surface area contributed by atoms with Gasteiger partial charge in [0.25, 0.3) is 11.2 Å². The number of nitrogens with zero attached hydrogens (tertiary/aromatic N) is 3. The van der Waals surface area contributed by atoms with Crippen LogP contribution in [0.25, 0.3) is 11.2 Å². The van der Waals surface area contributed by atoms with Crippen LogP contribution in [0.15, 0.2) is 63.3 Å². The SMILES string of the molecule is Cn1c(=O)c2c([nH]c(SCC(=O)Nc3ccc(F)cc3)[n+]2Cc2ccc(Cl)cc2)n(C)c1=O. The van der Waals surface area contributed by atoms with E-state index in [1.54, 1.807) is 23.7 Å². The van der Waals surface area contributed by atoms with Gasteiger partial charge in [-0.25, -0.2) is 18.7 Å². The first kappa shape index (κ1) is 22.8. The van der Waals surface area contributed by atoms with Crippen molar-refractivity contribution in [3.05, 3.63) is 85.8 Å². The molecule has 2 heterocycles. The molecule has 11 heteroatoms. The summed E-state index contributed by atoms with van der Waals surface area (Å²) < 4.78 is 17.2. The topological polar surface area (TPSA) is 92.8 Å². The molecule has 4 rings (SSSR count). The molecule has 2 aromatic carbocycles. The van der Waals surface area contributed by atoms with Gasteiger partial charge in [-0.2, -0.15) is 0 Å². The molecule has 1 amide bonds. The van der Waals surface area contributed by atoms with Gasteiger partial charge in [-0.15, -0.1) is 0 Å². The number of aromatic nitrogens is 4. The number of H-pyrrole nitrogens is 1. The smallest absolute Gasteiger partial charge is 0.325 e. The predicted molar refractivity (Wildman–Crippen MR) is 125 cm³/mol. The molecule has 2 N–H and O–H groups in total. The predicted octanol–water partition coefficient (Wildman–Crippen LogP) is 2.42. The Morgan fingerprint density at radius 3 is 2.42 bits per heavy atom. The molecule has 0 aliphatic rings. The minimum atomic E-state index is -0.460. The van der Waals surface area contributed by atoms with E-state index < -0.39 is 17.1 Å². The Hall–Kier alpha value is -3.37. The lowest BCUT2D eigenvalue weighted by molar-refractivity contribution is -0.700. The van der Waals surface area contributed by atoms with Crippen molar-refractivity contribution in [3.63, 3.8) is 0 Å². The van der Waals surface area contributed by atoms with Crippen LogP contribution in [0, 0.1) is 5.82 Å². The Kier molecular flexibility index (Phi) is 6.39. The molecule has 2 aromatic heterocycles. The molecule has 0 spiro atoms. The van der Waals surface area contributed by atoms with Gasteiger partial charge in [0.1, 0.15) is 12.4 Å². The van der Waals surface area contributed by atoms with Crippen molar-refractivity contribution < 1.29 is 13.8 Å². The number of aryl methyl sites for hydroxylation is 1. The van der Waals surface area contributed by atoms with E-state index in [-0.39, 0.29) is 11.7 Å².